The smallest absolute Gasteiger partial charge is 0.262 e. The molecule has 0 bridgehead atoms. The van der Waals surface area contributed by atoms with E-state index >= 15 is 0 Å². The molecule has 0 unspecified atom stereocenters. The van der Waals surface area contributed by atoms with Crippen LogP contribution >= 0.6 is 0 Å². The van der Waals surface area contributed by atoms with Crippen LogP contribution < -0.4 is 15.4 Å². The molecule has 0 fully saturated rings. The summed E-state index contributed by atoms with van der Waals surface area (Å²) in [5, 5.41) is 6.03. The van der Waals surface area contributed by atoms with Crippen LogP contribution in [-0.4, -0.2) is 33.5 Å². The number of benzene rings is 2. The van der Waals surface area contributed by atoms with E-state index in [1.54, 1.807) is 37.3 Å². The van der Waals surface area contributed by atoms with E-state index < -0.39 is 10.0 Å². The fourth-order valence-corrected chi connectivity index (χ4v) is 4.04. The summed E-state index contributed by atoms with van der Waals surface area (Å²) >= 11 is 0. The van der Waals surface area contributed by atoms with Gasteiger partial charge in [-0.25, -0.2) is 8.42 Å². The fourth-order valence-electron chi connectivity index (χ4n) is 2.72. The first-order chi connectivity index (χ1) is 12.7. The molecular formula is C20H27N3O3S. The Labute approximate surface area is 161 Å². The number of aryl methyl sites for hydroxylation is 2. The highest BCUT2D eigenvalue weighted by atomic mass is 32.2. The van der Waals surface area contributed by atoms with E-state index in [1.165, 1.54) is 6.07 Å². The van der Waals surface area contributed by atoms with Crippen molar-refractivity contribution in [2.75, 3.05) is 17.8 Å². The maximum Gasteiger partial charge on any atom is 0.262 e. The van der Waals surface area contributed by atoms with E-state index in [9.17, 15) is 13.2 Å². The zero-order valence-electron chi connectivity index (χ0n) is 16.2. The molecule has 2 aromatic carbocycles. The number of rotatable bonds is 8. The predicted molar refractivity (Wildman–Crippen MR) is 109 cm³/mol. The molecule has 0 spiro atoms. The molecule has 0 saturated carbocycles. The molecule has 0 aliphatic carbocycles. The van der Waals surface area contributed by atoms with Crippen LogP contribution in [0.2, 0.25) is 0 Å². The molecule has 0 saturated heterocycles. The summed E-state index contributed by atoms with van der Waals surface area (Å²) in [6.45, 7) is 8.85. The number of likely N-dealkylation sites (N-methyl/N-ethyl adjacent to an activating group) is 1. The van der Waals surface area contributed by atoms with Crippen molar-refractivity contribution in [2.24, 2.45) is 0 Å². The minimum Gasteiger partial charge on any atom is -0.350 e. The predicted octanol–water partition coefficient (Wildman–Crippen LogP) is 2.83. The lowest BCUT2D eigenvalue weighted by Crippen LogP contribution is -2.38. The molecule has 0 aliphatic heterocycles. The molecule has 6 nitrogen and oxygen atoms in total. The van der Waals surface area contributed by atoms with Gasteiger partial charge in [-0.1, -0.05) is 25.1 Å². The fraction of sp³-hybridized carbons (Fsp3) is 0.350. The molecule has 0 aromatic heterocycles. The Bertz CT molecular complexity index is 910. The molecule has 3 N–H and O–H groups in total. The minimum atomic E-state index is -3.80. The van der Waals surface area contributed by atoms with Crippen LogP contribution in [0, 0.1) is 13.8 Å². The molecule has 27 heavy (non-hydrogen) atoms. The van der Waals surface area contributed by atoms with Gasteiger partial charge in [-0.15, -0.1) is 0 Å². The van der Waals surface area contributed by atoms with Gasteiger partial charge in [0.1, 0.15) is 0 Å². The summed E-state index contributed by atoms with van der Waals surface area (Å²) in [4.78, 5) is 12.5. The topological polar surface area (TPSA) is 87.3 Å². The third-order valence-corrected chi connectivity index (χ3v) is 5.65. The lowest BCUT2D eigenvalue weighted by atomic mass is 10.1. The van der Waals surface area contributed by atoms with Gasteiger partial charge in [0.2, 0.25) is 0 Å². The highest BCUT2D eigenvalue weighted by Crippen LogP contribution is 2.21. The zero-order chi connectivity index (χ0) is 20.0. The lowest BCUT2D eigenvalue weighted by molar-refractivity contribution is 0.0950. The van der Waals surface area contributed by atoms with Gasteiger partial charge in [-0.3, -0.25) is 9.52 Å². The molecule has 2 rings (SSSR count). The van der Waals surface area contributed by atoms with Gasteiger partial charge < -0.3 is 10.6 Å². The molecule has 2 aromatic rings. The second-order valence-corrected chi connectivity index (χ2v) is 8.27. The Morgan fingerprint density at radius 3 is 2.52 bits per heavy atom. The van der Waals surface area contributed by atoms with Gasteiger partial charge in [0.05, 0.1) is 4.90 Å². The van der Waals surface area contributed by atoms with Crippen molar-refractivity contribution in [3.63, 3.8) is 0 Å². The molecule has 0 aliphatic rings. The van der Waals surface area contributed by atoms with E-state index in [4.69, 9.17) is 0 Å². The van der Waals surface area contributed by atoms with E-state index in [0.29, 0.717) is 23.4 Å². The first-order valence-corrected chi connectivity index (χ1v) is 10.4. The Morgan fingerprint density at radius 2 is 1.85 bits per heavy atom. The van der Waals surface area contributed by atoms with Crippen LogP contribution in [0.25, 0.3) is 0 Å². The van der Waals surface area contributed by atoms with Crippen molar-refractivity contribution < 1.29 is 13.2 Å². The summed E-state index contributed by atoms with van der Waals surface area (Å²) in [5.74, 6) is -0.299. The molecule has 7 heteroatoms. The third-order valence-electron chi connectivity index (χ3n) is 4.13. The highest BCUT2D eigenvalue weighted by molar-refractivity contribution is 7.92. The van der Waals surface area contributed by atoms with Crippen LogP contribution in [0.1, 0.15) is 35.3 Å². The Hall–Kier alpha value is -2.38. The van der Waals surface area contributed by atoms with Crippen molar-refractivity contribution in [3.8, 4) is 0 Å². The minimum absolute atomic E-state index is 0.0939. The van der Waals surface area contributed by atoms with Gasteiger partial charge in [0.15, 0.2) is 0 Å². The van der Waals surface area contributed by atoms with Crippen LogP contribution in [0.3, 0.4) is 0 Å². The number of hydrogen-bond donors (Lipinski definition) is 3. The molecule has 1 amide bonds. The van der Waals surface area contributed by atoms with E-state index in [-0.39, 0.29) is 16.8 Å². The highest BCUT2D eigenvalue weighted by Gasteiger charge is 2.19. The maximum absolute atomic E-state index is 12.8. The number of nitrogens with one attached hydrogen (secondary N) is 3. The standard InChI is InChI=1S/C20H27N3O3S/c1-5-21-16(4)13-22-20(24)17-10-9-15(3)19(12-17)27(25,26)23-18-8-6-7-14(2)11-18/h6-12,16,21,23H,5,13H2,1-4H3,(H,22,24)/t16-/m1/s1. The Balaban J connectivity index is 2.21. The SMILES string of the molecule is CCN[C@H](C)CNC(=O)c1ccc(C)c(S(=O)(=O)Nc2cccc(C)c2)c1. The van der Waals surface area contributed by atoms with Gasteiger partial charge >= 0.3 is 0 Å². The quantitative estimate of drug-likeness (QED) is 0.648. The average Bonchev–Trinajstić information content (AvgIpc) is 2.59. The van der Waals surface area contributed by atoms with Crippen molar-refractivity contribution in [1.29, 1.82) is 0 Å². The first kappa shape index (κ1) is 20.9. The van der Waals surface area contributed by atoms with Crippen molar-refractivity contribution in [1.82, 2.24) is 10.6 Å². The molecule has 1 atom stereocenters. The number of sulfonamides is 1. The van der Waals surface area contributed by atoms with Crippen molar-refractivity contribution in [2.45, 2.75) is 38.6 Å². The van der Waals surface area contributed by atoms with Gasteiger partial charge in [0, 0.05) is 23.8 Å². The summed E-state index contributed by atoms with van der Waals surface area (Å²) in [7, 11) is -3.80. The molecule has 0 heterocycles. The first-order valence-electron chi connectivity index (χ1n) is 8.94. The van der Waals surface area contributed by atoms with Crippen molar-refractivity contribution in [3.05, 3.63) is 59.2 Å². The Kier molecular flexibility index (Phi) is 6.98. The summed E-state index contributed by atoms with van der Waals surface area (Å²) in [6.07, 6.45) is 0. The van der Waals surface area contributed by atoms with E-state index in [0.717, 1.165) is 12.1 Å². The Morgan fingerprint density at radius 1 is 1.11 bits per heavy atom. The molecule has 0 radical (unpaired) electrons. The molecule has 146 valence electrons. The zero-order valence-corrected chi connectivity index (χ0v) is 17.0. The third kappa shape index (κ3) is 5.80. The lowest BCUT2D eigenvalue weighted by Gasteiger charge is -2.15. The monoisotopic (exact) mass is 389 g/mol. The summed E-state index contributed by atoms with van der Waals surface area (Å²) in [5.41, 5.74) is 2.33. The summed E-state index contributed by atoms with van der Waals surface area (Å²) < 4.78 is 28.2. The van der Waals surface area contributed by atoms with Gasteiger partial charge in [-0.05, 0) is 62.7 Å². The van der Waals surface area contributed by atoms with E-state index in [1.807, 2.05) is 26.8 Å². The number of carbonyl (C=O) groups excluding carboxylic acids is 1. The van der Waals surface area contributed by atoms with Crippen LogP contribution in [0.15, 0.2) is 47.4 Å². The average molecular weight is 390 g/mol. The number of amides is 1. The number of carbonyl (C=O) groups is 1. The van der Waals surface area contributed by atoms with Gasteiger partial charge in [-0.2, -0.15) is 0 Å². The van der Waals surface area contributed by atoms with Crippen LogP contribution in [-0.2, 0) is 10.0 Å². The number of anilines is 1. The van der Waals surface area contributed by atoms with Crippen LogP contribution in [0.4, 0.5) is 5.69 Å². The summed E-state index contributed by atoms with van der Waals surface area (Å²) in [6, 6.07) is 12.0. The number of hydrogen-bond acceptors (Lipinski definition) is 4. The maximum atomic E-state index is 12.8. The molecular weight excluding hydrogens is 362 g/mol. The van der Waals surface area contributed by atoms with E-state index in [2.05, 4.69) is 15.4 Å². The second-order valence-electron chi connectivity index (χ2n) is 6.62. The van der Waals surface area contributed by atoms with Crippen LogP contribution in [0.5, 0.6) is 0 Å². The largest absolute Gasteiger partial charge is 0.350 e. The van der Waals surface area contributed by atoms with Gasteiger partial charge in [0.25, 0.3) is 15.9 Å². The van der Waals surface area contributed by atoms with Crippen molar-refractivity contribution >= 4 is 21.6 Å². The second kappa shape index (κ2) is 9.01. The normalized spacial score (nSPS) is 12.4.